The molecule has 45 heavy (non-hydrogen) atoms. The van der Waals surface area contributed by atoms with Gasteiger partial charge in [0.1, 0.15) is 5.56 Å². The molecule has 1 atom stereocenters. The van der Waals surface area contributed by atoms with Gasteiger partial charge in [-0.25, -0.2) is 23.8 Å². The molecule has 0 amide bonds. The van der Waals surface area contributed by atoms with E-state index in [1.54, 1.807) is 5.10 Å². The summed E-state index contributed by atoms with van der Waals surface area (Å²) in [7, 11) is 0. The highest BCUT2D eigenvalue weighted by Gasteiger charge is 2.38. The number of nitrogens with zero attached hydrogens (tertiary/aromatic N) is 4. The molecule has 1 unspecified atom stereocenters. The molecule has 0 fully saturated rings. The number of aromatic nitrogens is 5. The van der Waals surface area contributed by atoms with E-state index in [1.165, 1.54) is 6.07 Å². The fraction of sp³-hybridized carbons (Fsp3) is 0.320. The van der Waals surface area contributed by atoms with Crippen molar-refractivity contribution >= 4 is 22.3 Å². The topological polar surface area (TPSA) is 141 Å². The van der Waals surface area contributed by atoms with Gasteiger partial charge in [0.25, 0.3) is 11.1 Å². The Hall–Kier alpha value is -4.75. The number of halogens is 10. The van der Waals surface area contributed by atoms with Gasteiger partial charge in [-0.3, -0.25) is 9.59 Å². The molecule has 3 aromatic heterocycles. The van der Waals surface area contributed by atoms with Crippen LogP contribution in [0, 0.1) is 11.6 Å². The van der Waals surface area contributed by atoms with Gasteiger partial charge in [-0.15, -0.1) is 0 Å². The van der Waals surface area contributed by atoms with Gasteiger partial charge in [-0.2, -0.15) is 40.2 Å². The third kappa shape index (κ3) is 7.32. The van der Waals surface area contributed by atoms with Gasteiger partial charge in [-0.1, -0.05) is 0 Å². The summed E-state index contributed by atoms with van der Waals surface area (Å²) in [5.74, 6) is -4.38. The van der Waals surface area contributed by atoms with Crippen molar-refractivity contribution in [3.05, 3.63) is 74.3 Å². The first-order chi connectivity index (χ1) is 21.0. The molecule has 3 heterocycles. The Kier molecular flexibility index (Phi) is 9.35. The number of aromatic amines is 1. The summed E-state index contributed by atoms with van der Waals surface area (Å²) in [4.78, 5) is 31.3. The van der Waals surface area contributed by atoms with Crippen molar-refractivity contribution in [2.24, 2.45) is 0 Å². The molecule has 10 nitrogen and oxygen atoms in total. The summed E-state index contributed by atoms with van der Waals surface area (Å²) in [5.41, 5.74) is -2.55. The van der Waals surface area contributed by atoms with E-state index in [0.717, 1.165) is 16.8 Å². The van der Waals surface area contributed by atoms with Crippen molar-refractivity contribution in [1.29, 1.82) is 0 Å². The van der Waals surface area contributed by atoms with E-state index >= 15 is 8.78 Å². The van der Waals surface area contributed by atoms with Gasteiger partial charge in [0.2, 0.25) is 0 Å². The molecule has 0 aliphatic rings. The summed E-state index contributed by atoms with van der Waals surface area (Å²) in [6.07, 6.45) is -8.09. The predicted octanol–water partition coefficient (Wildman–Crippen LogP) is 4.94. The number of hydrogen-bond donors (Lipinski definition) is 3. The van der Waals surface area contributed by atoms with Crippen LogP contribution in [0.3, 0.4) is 0 Å². The van der Waals surface area contributed by atoms with Crippen LogP contribution in [0.5, 0.6) is 0 Å². The maximum absolute atomic E-state index is 15.1. The number of hydrogen-bond acceptors (Lipinski definition) is 8. The number of nitrogens with one attached hydrogen (secondary N) is 2. The van der Waals surface area contributed by atoms with Crippen LogP contribution in [-0.2, 0) is 23.6 Å². The van der Waals surface area contributed by atoms with Crippen LogP contribution in [0.25, 0.3) is 22.0 Å². The first-order valence-corrected chi connectivity index (χ1v) is 12.5. The Balaban J connectivity index is 1.58. The Morgan fingerprint density at radius 2 is 1.76 bits per heavy atom. The fourth-order valence-corrected chi connectivity index (χ4v) is 4.39. The lowest BCUT2D eigenvalue weighted by molar-refractivity contribution is -0.140. The Morgan fingerprint density at radius 1 is 1.04 bits per heavy atom. The second-order valence-electron chi connectivity index (χ2n) is 9.38. The third-order valence-corrected chi connectivity index (χ3v) is 6.36. The fourth-order valence-electron chi connectivity index (χ4n) is 4.39. The molecule has 0 saturated heterocycles. The number of H-pyrrole nitrogens is 1. The van der Waals surface area contributed by atoms with Crippen molar-refractivity contribution in [3.8, 4) is 11.3 Å². The lowest BCUT2D eigenvalue weighted by Gasteiger charge is -2.22. The minimum Gasteiger partial charge on any atom is -0.382 e. The van der Waals surface area contributed by atoms with Crippen LogP contribution in [0.1, 0.15) is 24.1 Å². The SMILES string of the molecule is Nc1nc(-c2cc3ccn(CCCC(COC(F)F)Nc4cn[nH]c(=O)c4C(F)(F)F)c(=O)c3c(F)c2F)cnc1C(F)(F)F. The van der Waals surface area contributed by atoms with Crippen LogP contribution in [0.2, 0.25) is 0 Å². The number of benzene rings is 1. The lowest BCUT2D eigenvalue weighted by Crippen LogP contribution is -2.32. The van der Waals surface area contributed by atoms with Gasteiger partial charge >= 0.3 is 19.0 Å². The zero-order valence-electron chi connectivity index (χ0n) is 22.2. The first kappa shape index (κ1) is 33.1. The molecule has 4 rings (SSSR count). The minimum absolute atomic E-state index is 0.101. The second-order valence-corrected chi connectivity index (χ2v) is 9.38. The van der Waals surface area contributed by atoms with Gasteiger partial charge in [0.05, 0.1) is 35.8 Å². The standard InChI is InChI=1S/C25H19F10N7O3/c26-17-12(13-7-37-19(20(36)40-13)25(33,34)35)6-10-3-5-42(22(44)15(10)18(17)27)4-1-2-11(9-45-23(28)29)39-14-8-38-41-21(43)16(14)24(30,31)32/h3,5-8,11,23H,1-2,4,9H2,(H2,36,40)(H2,39,41,43). The molecule has 0 saturated carbocycles. The average Bonchev–Trinajstić information content (AvgIpc) is 2.93. The van der Waals surface area contributed by atoms with Crippen LogP contribution < -0.4 is 22.2 Å². The van der Waals surface area contributed by atoms with Crippen molar-refractivity contribution in [2.75, 3.05) is 17.7 Å². The van der Waals surface area contributed by atoms with E-state index in [0.29, 0.717) is 12.4 Å². The molecule has 242 valence electrons. The maximum atomic E-state index is 15.1. The third-order valence-electron chi connectivity index (χ3n) is 6.36. The Labute approximate surface area is 243 Å². The number of rotatable bonds is 10. The quantitative estimate of drug-likeness (QED) is 0.204. The molecular formula is C25H19F10N7O3. The van der Waals surface area contributed by atoms with Crippen LogP contribution in [-0.4, -0.2) is 44.0 Å². The number of anilines is 2. The monoisotopic (exact) mass is 655 g/mol. The highest BCUT2D eigenvalue weighted by molar-refractivity contribution is 5.87. The molecule has 1 aromatic carbocycles. The van der Waals surface area contributed by atoms with E-state index in [1.807, 2.05) is 0 Å². The summed E-state index contributed by atoms with van der Waals surface area (Å²) in [6.45, 7) is -4.37. The molecular weight excluding hydrogens is 636 g/mol. The number of alkyl halides is 8. The van der Waals surface area contributed by atoms with Gasteiger partial charge in [-0.05, 0) is 30.4 Å². The summed E-state index contributed by atoms with van der Waals surface area (Å²) >= 11 is 0. The van der Waals surface area contributed by atoms with E-state index < -0.39 is 93.8 Å². The molecule has 20 heteroatoms. The van der Waals surface area contributed by atoms with Gasteiger partial charge < -0.3 is 20.4 Å². The lowest BCUT2D eigenvalue weighted by atomic mass is 10.0. The van der Waals surface area contributed by atoms with Gasteiger partial charge in [0, 0.05) is 24.3 Å². The Morgan fingerprint density at radius 3 is 2.38 bits per heavy atom. The average molecular weight is 655 g/mol. The zero-order chi connectivity index (χ0) is 33.3. The van der Waals surface area contributed by atoms with Crippen molar-refractivity contribution in [2.45, 2.75) is 44.4 Å². The first-order valence-electron chi connectivity index (χ1n) is 12.5. The summed E-state index contributed by atoms with van der Waals surface area (Å²) in [5, 5.41) is 6.28. The van der Waals surface area contributed by atoms with E-state index in [9.17, 15) is 44.7 Å². The zero-order valence-corrected chi connectivity index (χ0v) is 22.2. The normalized spacial score (nSPS) is 13.0. The molecule has 4 N–H and O–H groups in total. The van der Waals surface area contributed by atoms with Crippen LogP contribution in [0.4, 0.5) is 55.4 Å². The number of ether oxygens (including phenoxy) is 1. The van der Waals surface area contributed by atoms with E-state index in [-0.39, 0.29) is 24.8 Å². The predicted molar refractivity (Wildman–Crippen MR) is 137 cm³/mol. The highest BCUT2D eigenvalue weighted by Crippen LogP contribution is 2.34. The highest BCUT2D eigenvalue weighted by atomic mass is 19.4. The maximum Gasteiger partial charge on any atom is 0.437 e. The van der Waals surface area contributed by atoms with Crippen molar-refractivity contribution < 1.29 is 48.6 Å². The Bertz CT molecular complexity index is 1820. The smallest absolute Gasteiger partial charge is 0.382 e. The number of nitrogen functional groups attached to an aromatic ring is 1. The van der Waals surface area contributed by atoms with E-state index in [4.69, 9.17) is 5.73 Å². The number of pyridine rings is 1. The molecule has 4 aromatic rings. The summed E-state index contributed by atoms with van der Waals surface area (Å²) < 4.78 is 140. The number of fused-ring (bicyclic) bond motifs is 1. The summed E-state index contributed by atoms with van der Waals surface area (Å²) in [6, 6.07) is 0.872. The van der Waals surface area contributed by atoms with E-state index in [2.05, 4.69) is 25.1 Å². The van der Waals surface area contributed by atoms with Crippen LogP contribution in [0.15, 0.2) is 40.3 Å². The number of nitrogens with two attached hydrogens (primary N) is 1. The number of aryl methyl sites for hydroxylation is 1. The largest absolute Gasteiger partial charge is 0.437 e. The molecule has 0 radical (unpaired) electrons. The molecule has 0 spiro atoms. The van der Waals surface area contributed by atoms with Gasteiger partial charge in [0.15, 0.2) is 23.1 Å². The van der Waals surface area contributed by atoms with Crippen molar-refractivity contribution in [1.82, 2.24) is 24.7 Å². The molecule has 0 bridgehead atoms. The second kappa shape index (κ2) is 12.7. The molecule has 0 aliphatic carbocycles. The van der Waals surface area contributed by atoms with Crippen molar-refractivity contribution in [3.63, 3.8) is 0 Å². The van der Waals surface area contributed by atoms with Crippen LogP contribution >= 0.6 is 0 Å². The minimum atomic E-state index is -5.13. The molecule has 0 aliphatic heterocycles.